The molecule has 6 heterocycles. The van der Waals surface area contributed by atoms with Crippen molar-refractivity contribution in [3.63, 3.8) is 0 Å². The number of piperazine rings is 1. The van der Waals surface area contributed by atoms with Crippen molar-refractivity contribution in [1.82, 2.24) is 41.1 Å². The minimum atomic E-state index is -0.959. The number of thiazole rings is 1. The summed E-state index contributed by atoms with van der Waals surface area (Å²) in [6, 6.07) is 24.2. The SMILES string of the molecule is Cc1ncsc1-c1ccc(CCNC(=O)[C@@H]2C[C@H](O)CN2C(=O)[C@@H](NC(=O)COCCOCCO[C@H]2CN[C@@H](CCOc3nc4c(c(N5CCN[C@@H](CC#N)C5)n3)CCN(c3cccc5ccccc35)C4)C2)C(C)(C)C)cc1. The Kier molecular flexibility index (Phi) is 19.2. The van der Waals surface area contributed by atoms with Gasteiger partial charge in [0.2, 0.25) is 17.7 Å². The molecule has 0 unspecified atom stereocenters. The second-order valence-electron chi connectivity index (χ2n) is 21.8. The van der Waals surface area contributed by atoms with E-state index in [1.54, 1.807) is 11.3 Å². The Labute approximate surface area is 461 Å². The van der Waals surface area contributed by atoms with Crippen LogP contribution in [0.2, 0.25) is 0 Å². The van der Waals surface area contributed by atoms with Gasteiger partial charge in [0.05, 0.1) is 86.1 Å². The van der Waals surface area contributed by atoms with Gasteiger partial charge in [0.15, 0.2) is 0 Å². The number of aryl methyl sites for hydroxylation is 1. The molecule has 6 atom stereocenters. The van der Waals surface area contributed by atoms with Crippen molar-refractivity contribution in [3.8, 4) is 22.5 Å². The van der Waals surface area contributed by atoms with E-state index in [9.17, 15) is 24.8 Å². The van der Waals surface area contributed by atoms with Gasteiger partial charge in [-0.15, -0.1) is 11.3 Å². The second kappa shape index (κ2) is 26.6. The normalized spacial score (nSPS) is 20.8. The first-order valence-corrected chi connectivity index (χ1v) is 28.3. The van der Waals surface area contributed by atoms with Gasteiger partial charge in [-0.05, 0) is 60.6 Å². The summed E-state index contributed by atoms with van der Waals surface area (Å²) in [5.41, 5.74) is 7.60. The van der Waals surface area contributed by atoms with Gasteiger partial charge in [-0.25, -0.2) is 4.98 Å². The van der Waals surface area contributed by atoms with Gasteiger partial charge in [-0.3, -0.25) is 14.4 Å². The van der Waals surface area contributed by atoms with Gasteiger partial charge >= 0.3 is 6.01 Å². The maximum absolute atomic E-state index is 14.0. The van der Waals surface area contributed by atoms with Crippen molar-refractivity contribution in [2.45, 2.75) is 109 Å². The Morgan fingerprint density at radius 2 is 1.73 bits per heavy atom. The molecule has 0 spiro atoms. The van der Waals surface area contributed by atoms with Crippen molar-refractivity contribution < 1.29 is 38.4 Å². The van der Waals surface area contributed by atoms with E-state index >= 15 is 0 Å². The van der Waals surface area contributed by atoms with Gasteiger partial charge in [0.1, 0.15) is 24.5 Å². The van der Waals surface area contributed by atoms with Crippen LogP contribution in [0.1, 0.15) is 69.0 Å². The Hall–Kier alpha value is -6.31. The summed E-state index contributed by atoms with van der Waals surface area (Å²) >= 11 is 1.60. The number of fused-ring (bicyclic) bond motifs is 2. The van der Waals surface area contributed by atoms with E-state index in [4.69, 9.17) is 28.9 Å². The Morgan fingerprint density at radius 1 is 0.923 bits per heavy atom. The predicted molar refractivity (Wildman–Crippen MR) is 299 cm³/mol. The number of carbonyl (C=O) groups is 3. The van der Waals surface area contributed by atoms with Crippen LogP contribution in [0.15, 0.2) is 72.2 Å². The van der Waals surface area contributed by atoms with Crippen LogP contribution in [-0.4, -0.2) is 165 Å². The minimum absolute atomic E-state index is 0.00585. The van der Waals surface area contributed by atoms with Gasteiger partial charge in [0.25, 0.3) is 0 Å². The van der Waals surface area contributed by atoms with Crippen molar-refractivity contribution in [2.75, 3.05) is 95.3 Å². The Bertz CT molecular complexity index is 2870. The van der Waals surface area contributed by atoms with Gasteiger partial charge in [0, 0.05) is 81.0 Å². The summed E-state index contributed by atoms with van der Waals surface area (Å²) in [4.78, 5) is 62.2. The smallest absolute Gasteiger partial charge is 0.318 e. The van der Waals surface area contributed by atoms with Crippen LogP contribution in [0.3, 0.4) is 0 Å². The fraction of sp³-hybridized carbons (Fsp3) is 0.534. The molecule has 3 saturated heterocycles. The van der Waals surface area contributed by atoms with E-state index in [2.05, 4.69) is 96.7 Å². The van der Waals surface area contributed by atoms with E-state index < -0.39 is 35.4 Å². The van der Waals surface area contributed by atoms with Gasteiger partial charge < -0.3 is 60.0 Å². The summed E-state index contributed by atoms with van der Waals surface area (Å²) < 4.78 is 23.9. The lowest BCUT2D eigenvalue weighted by Gasteiger charge is -2.37. The number of ether oxygens (including phenoxy) is 4. The number of aromatic nitrogens is 3. The Morgan fingerprint density at radius 3 is 2.54 bits per heavy atom. The fourth-order valence-electron chi connectivity index (χ4n) is 10.9. The molecule has 9 rings (SSSR count). The molecule has 4 aliphatic heterocycles. The van der Waals surface area contributed by atoms with Crippen LogP contribution in [-0.2, 0) is 48.0 Å². The number of benzene rings is 3. The van der Waals surface area contributed by atoms with Crippen molar-refractivity contribution in [1.29, 1.82) is 5.26 Å². The van der Waals surface area contributed by atoms with Crippen LogP contribution in [0.5, 0.6) is 6.01 Å². The molecule has 3 fully saturated rings. The molecule has 5 N–H and O–H groups in total. The van der Waals surface area contributed by atoms with E-state index in [1.165, 1.54) is 21.4 Å². The van der Waals surface area contributed by atoms with Crippen LogP contribution < -0.4 is 35.8 Å². The molecule has 0 aliphatic carbocycles. The third kappa shape index (κ3) is 14.5. The molecule has 3 amide bonds. The highest BCUT2D eigenvalue weighted by Gasteiger charge is 2.44. The predicted octanol–water partition coefficient (Wildman–Crippen LogP) is 4.72. The summed E-state index contributed by atoms with van der Waals surface area (Å²) in [7, 11) is 0. The van der Waals surface area contributed by atoms with Crippen molar-refractivity contribution in [2.24, 2.45) is 5.41 Å². The molecule has 0 radical (unpaired) electrons. The molecule has 416 valence electrons. The fourth-order valence-corrected chi connectivity index (χ4v) is 11.7. The molecule has 20 heteroatoms. The molecular formula is C58H75N11O8S. The monoisotopic (exact) mass is 1090 g/mol. The van der Waals surface area contributed by atoms with E-state index in [0.717, 1.165) is 77.7 Å². The van der Waals surface area contributed by atoms with Crippen LogP contribution >= 0.6 is 11.3 Å². The second-order valence-corrected chi connectivity index (χ2v) is 22.6. The lowest BCUT2D eigenvalue weighted by Crippen LogP contribution is -2.58. The standard InChI is InChI=1S/C58H75N11O8S/c1-38-52(78-37-63-38)41-14-12-39(13-15-41)17-21-61-55(72)50-31-44(70)34-69(50)56(73)53(58(2,3)4)65-51(71)36-75-27-26-74-28-29-76-45-30-42(62-32-45)19-25-77-57-64-48-35-67(49-11-7-9-40-8-5-6-10-46(40)49)23-18-47(48)54(66-57)68-24-22-60-43(33-68)16-20-59/h5-15,37,42-45,50,53,60,62,70H,16-19,21-36H2,1-4H3,(H,61,72)(H,65,71)/t42-,43-,44-,45+,50-,53+/m0/s1. The quantitative estimate of drug-likeness (QED) is 0.0558. The topological polar surface area (TPSA) is 229 Å². The molecule has 4 aliphatic rings. The summed E-state index contributed by atoms with van der Waals surface area (Å²) in [6.45, 7) is 13.7. The molecule has 19 nitrogen and oxygen atoms in total. The Balaban J connectivity index is 0.669. The average molecular weight is 1090 g/mol. The number of hydrogen-bond donors (Lipinski definition) is 5. The number of aliphatic hydroxyl groups is 1. The highest BCUT2D eigenvalue weighted by Crippen LogP contribution is 2.35. The third-order valence-corrected chi connectivity index (χ3v) is 16.0. The molecule has 5 aromatic rings. The first-order valence-electron chi connectivity index (χ1n) is 27.5. The molecule has 0 saturated carbocycles. The number of β-amino-alcohol motifs (C(OH)–C–C–N with tert-alkyl or cyclic N) is 1. The number of nitrogens with zero attached hydrogens (tertiary/aromatic N) is 7. The molecule has 78 heavy (non-hydrogen) atoms. The number of anilines is 2. The maximum Gasteiger partial charge on any atom is 0.318 e. The minimum Gasteiger partial charge on any atom is -0.463 e. The number of aliphatic hydroxyl groups excluding tert-OH is 1. The van der Waals surface area contributed by atoms with Crippen molar-refractivity contribution in [3.05, 3.63) is 94.8 Å². The lowest BCUT2D eigenvalue weighted by molar-refractivity contribution is -0.144. The maximum atomic E-state index is 14.0. The summed E-state index contributed by atoms with van der Waals surface area (Å²) in [6.07, 6.45) is 2.70. The lowest BCUT2D eigenvalue weighted by atomic mass is 9.85. The number of likely N-dealkylation sites (tertiary alicyclic amines) is 1. The van der Waals surface area contributed by atoms with Crippen molar-refractivity contribution >= 4 is 51.3 Å². The highest BCUT2D eigenvalue weighted by atomic mass is 32.1. The van der Waals surface area contributed by atoms with Crippen LogP contribution in [0, 0.1) is 23.7 Å². The van der Waals surface area contributed by atoms with E-state index in [-0.39, 0.29) is 56.9 Å². The number of nitriles is 1. The van der Waals surface area contributed by atoms with Crippen LogP contribution in [0.25, 0.3) is 21.2 Å². The number of hydrogen-bond acceptors (Lipinski definition) is 17. The first kappa shape index (κ1) is 56.4. The summed E-state index contributed by atoms with van der Waals surface area (Å²) in [5, 5.41) is 35.3. The van der Waals surface area contributed by atoms with Gasteiger partial charge in [-0.1, -0.05) is 81.4 Å². The number of rotatable bonds is 23. The average Bonchev–Trinajstić information content (AvgIpc) is 4.29. The van der Waals surface area contributed by atoms with Gasteiger partial charge in [-0.2, -0.15) is 15.2 Å². The number of amides is 3. The van der Waals surface area contributed by atoms with E-state index in [1.807, 2.05) is 45.3 Å². The molecular weight excluding hydrogens is 1010 g/mol. The zero-order valence-electron chi connectivity index (χ0n) is 45.4. The molecule has 3 aromatic carbocycles. The largest absolute Gasteiger partial charge is 0.463 e. The van der Waals surface area contributed by atoms with Crippen LogP contribution in [0.4, 0.5) is 11.5 Å². The zero-order chi connectivity index (χ0) is 54.6. The summed E-state index contributed by atoms with van der Waals surface area (Å²) in [5.74, 6) is -0.331. The highest BCUT2D eigenvalue weighted by molar-refractivity contribution is 7.13. The zero-order valence-corrected chi connectivity index (χ0v) is 46.2. The molecule has 0 bridgehead atoms. The third-order valence-electron chi connectivity index (χ3n) is 15.0. The molecule has 2 aromatic heterocycles. The first-order chi connectivity index (χ1) is 37.8. The number of nitrogens with one attached hydrogen (secondary N) is 4. The number of carbonyl (C=O) groups excluding carboxylic acids is 3. The van der Waals surface area contributed by atoms with E-state index in [0.29, 0.717) is 64.9 Å².